The Morgan fingerprint density at radius 2 is 1.93 bits per heavy atom. The maximum absolute atomic E-state index is 13.2. The molecule has 0 aliphatic heterocycles. The molecule has 0 aliphatic carbocycles. The van der Waals surface area contributed by atoms with Gasteiger partial charge in [-0.2, -0.15) is 13.2 Å². The molecule has 0 amide bonds. The summed E-state index contributed by atoms with van der Waals surface area (Å²) in [7, 11) is 0. The van der Waals surface area contributed by atoms with Crippen molar-refractivity contribution in [3.05, 3.63) is 65.9 Å². The molecule has 138 valence electrons. The van der Waals surface area contributed by atoms with Crippen molar-refractivity contribution in [1.29, 1.82) is 0 Å². The van der Waals surface area contributed by atoms with Crippen LogP contribution in [-0.4, -0.2) is 24.8 Å². The van der Waals surface area contributed by atoms with E-state index in [1.54, 1.807) is 24.3 Å². The number of carbonyl (C=O) groups is 1. The number of hydrogen-bond acceptors (Lipinski definition) is 3. The number of aromatic nitrogens is 4. The molecule has 0 bridgehead atoms. The molecule has 5 nitrogen and oxygen atoms in total. The highest BCUT2D eigenvalue weighted by Crippen LogP contribution is 2.30. The second-order valence-electron chi connectivity index (χ2n) is 6.21. The van der Waals surface area contributed by atoms with E-state index in [9.17, 15) is 18.0 Å². The van der Waals surface area contributed by atoms with Gasteiger partial charge in [-0.1, -0.05) is 25.5 Å². The number of nitrogens with zero attached hydrogens (tertiary/aromatic N) is 4. The lowest BCUT2D eigenvalue weighted by Gasteiger charge is -2.09. The number of para-hydroxylation sites is 2. The fourth-order valence-electron chi connectivity index (χ4n) is 3.13. The first-order valence-corrected chi connectivity index (χ1v) is 8.45. The zero-order valence-electron chi connectivity index (χ0n) is 14.4. The fraction of sp³-hybridized carbons (Fsp3) is 0.211. The van der Waals surface area contributed by atoms with Gasteiger partial charge in [0.2, 0.25) is 0 Å². The van der Waals surface area contributed by atoms with Crippen LogP contribution < -0.4 is 0 Å². The number of halogens is 3. The largest absolute Gasteiger partial charge is 0.417 e. The zero-order valence-corrected chi connectivity index (χ0v) is 14.4. The van der Waals surface area contributed by atoms with E-state index < -0.39 is 17.6 Å². The van der Waals surface area contributed by atoms with Crippen LogP contribution in [0.25, 0.3) is 16.7 Å². The lowest BCUT2D eigenvalue weighted by molar-refractivity contribution is -0.137. The van der Waals surface area contributed by atoms with Gasteiger partial charge in [0.05, 0.1) is 22.3 Å². The summed E-state index contributed by atoms with van der Waals surface area (Å²) >= 11 is 0. The molecule has 0 unspecified atom stereocenters. The standard InChI is InChI=1S/C19H15F3N4O/c1-2-5-14-17(18(27)26-11-23-13-6-3-4-7-15(13)26)25-10-12(19(20,21)22)8-9-16(25)24-14/h3-4,6-11H,2,5H2,1H3. The summed E-state index contributed by atoms with van der Waals surface area (Å²) in [6.45, 7) is 1.92. The maximum atomic E-state index is 13.2. The Hall–Kier alpha value is -3.16. The lowest BCUT2D eigenvalue weighted by Crippen LogP contribution is -2.16. The first-order chi connectivity index (χ1) is 12.9. The quantitative estimate of drug-likeness (QED) is 0.537. The molecule has 0 saturated carbocycles. The SMILES string of the molecule is CCCc1nc2ccc(C(F)(F)F)cn2c1C(=O)n1cnc2ccccc21. The molecule has 27 heavy (non-hydrogen) atoms. The number of imidazole rings is 2. The number of hydrogen-bond donors (Lipinski definition) is 0. The number of rotatable bonds is 3. The van der Waals surface area contributed by atoms with Gasteiger partial charge in [-0.05, 0) is 30.7 Å². The van der Waals surface area contributed by atoms with E-state index in [2.05, 4.69) is 9.97 Å². The van der Waals surface area contributed by atoms with E-state index in [1.165, 1.54) is 21.4 Å². The topological polar surface area (TPSA) is 52.2 Å². The third kappa shape index (κ3) is 2.87. The van der Waals surface area contributed by atoms with Crippen molar-refractivity contribution in [3.8, 4) is 0 Å². The Morgan fingerprint density at radius 1 is 1.15 bits per heavy atom. The second-order valence-corrected chi connectivity index (χ2v) is 6.21. The first-order valence-electron chi connectivity index (χ1n) is 8.45. The Labute approximate surface area is 152 Å². The molecule has 4 rings (SSSR count). The Morgan fingerprint density at radius 3 is 2.67 bits per heavy atom. The van der Waals surface area contributed by atoms with E-state index >= 15 is 0 Å². The first kappa shape index (κ1) is 17.3. The Kier molecular flexibility index (Phi) is 3.98. The summed E-state index contributed by atoms with van der Waals surface area (Å²) in [6.07, 6.45) is -1.01. The molecular formula is C19H15F3N4O. The van der Waals surface area contributed by atoms with Crippen LogP contribution in [0.2, 0.25) is 0 Å². The van der Waals surface area contributed by atoms with Crippen LogP contribution in [0.15, 0.2) is 48.9 Å². The Balaban J connectivity index is 1.95. The fourth-order valence-corrected chi connectivity index (χ4v) is 3.13. The third-order valence-electron chi connectivity index (χ3n) is 4.38. The average Bonchev–Trinajstić information content (AvgIpc) is 3.21. The van der Waals surface area contributed by atoms with Gasteiger partial charge in [0.1, 0.15) is 17.7 Å². The highest BCUT2D eigenvalue weighted by molar-refractivity contribution is 6.01. The molecule has 0 atom stereocenters. The van der Waals surface area contributed by atoms with Gasteiger partial charge in [-0.15, -0.1) is 0 Å². The summed E-state index contributed by atoms with van der Waals surface area (Å²) in [5.41, 5.74) is 1.29. The van der Waals surface area contributed by atoms with Crippen molar-refractivity contribution >= 4 is 22.6 Å². The van der Waals surface area contributed by atoms with Gasteiger partial charge in [-0.25, -0.2) is 9.97 Å². The van der Waals surface area contributed by atoms with Gasteiger partial charge in [0, 0.05) is 6.20 Å². The molecule has 0 fully saturated rings. The average molecular weight is 372 g/mol. The van der Waals surface area contributed by atoms with Crippen molar-refractivity contribution in [1.82, 2.24) is 18.9 Å². The predicted molar refractivity (Wildman–Crippen MR) is 93.7 cm³/mol. The highest BCUT2D eigenvalue weighted by atomic mass is 19.4. The summed E-state index contributed by atoms with van der Waals surface area (Å²) < 4.78 is 42.0. The van der Waals surface area contributed by atoms with E-state index in [1.807, 2.05) is 6.92 Å². The van der Waals surface area contributed by atoms with Crippen LogP contribution in [0.1, 0.15) is 35.1 Å². The van der Waals surface area contributed by atoms with E-state index in [-0.39, 0.29) is 5.69 Å². The summed E-state index contributed by atoms with van der Waals surface area (Å²) in [6, 6.07) is 9.34. The molecular weight excluding hydrogens is 357 g/mol. The molecule has 0 aliphatic rings. The van der Waals surface area contributed by atoms with Crippen LogP contribution in [0.4, 0.5) is 13.2 Å². The van der Waals surface area contributed by atoms with Crippen molar-refractivity contribution in [2.45, 2.75) is 25.9 Å². The maximum Gasteiger partial charge on any atom is 0.417 e. The second kappa shape index (κ2) is 6.22. The number of carbonyl (C=O) groups excluding carboxylic acids is 1. The van der Waals surface area contributed by atoms with Crippen molar-refractivity contribution < 1.29 is 18.0 Å². The van der Waals surface area contributed by atoms with Gasteiger partial charge in [0.25, 0.3) is 5.91 Å². The number of alkyl halides is 3. The minimum atomic E-state index is -4.51. The minimum absolute atomic E-state index is 0.126. The molecule has 3 aromatic heterocycles. The Bertz CT molecular complexity index is 1160. The van der Waals surface area contributed by atoms with Gasteiger partial charge < -0.3 is 0 Å². The van der Waals surface area contributed by atoms with Crippen LogP contribution >= 0.6 is 0 Å². The van der Waals surface area contributed by atoms with Gasteiger partial charge in [0.15, 0.2) is 0 Å². The normalized spacial score (nSPS) is 12.1. The van der Waals surface area contributed by atoms with E-state index in [0.717, 1.165) is 12.3 Å². The molecule has 0 radical (unpaired) electrons. The van der Waals surface area contributed by atoms with Crippen molar-refractivity contribution in [3.63, 3.8) is 0 Å². The molecule has 1 aromatic carbocycles. The number of fused-ring (bicyclic) bond motifs is 2. The van der Waals surface area contributed by atoms with Crippen LogP contribution in [0.5, 0.6) is 0 Å². The van der Waals surface area contributed by atoms with E-state index in [0.29, 0.717) is 35.2 Å². The van der Waals surface area contributed by atoms with E-state index in [4.69, 9.17) is 0 Å². The lowest BCUT2D eigenvalue weighted by atomic mass is 10.2. The zero-order chi connectivity index (χ0) is 19.2. The molecule has 0 N–H and O–H groups in total. The number of benzene rings is 1. The van der Waals surface area contributed by atoms with Gasteiger partial charge in [-0.3, -0.25) is 13.8 Å². The molecule has 4 aromatic rings. The molecule has 3 heterocycles. The smallest absolute Gasteiger partial charge is 0.295 e. The third-order valence-corrected chi connectivity index (χ3v) is 4.38. The summed E-state index contributed by atoms with van der Waals surface area (Å²) in [5.74, 6) is -0.459. The summed E-state index contributed by atoms with van der Waals surface area (Å²) in [5, 5.41) is 0. The minimum Gasteiger partial charge on any atom is -0.295 e. The predicted octanol–water partition coefficient (Wildman–Crippen LogP) is 4.34. The molecule has 0 spiro atoms. The summed E-state index contributed by atoms with van der Waals surface area (Å²) in [4.78, 5) is 21.8. The monoisotopic (exact) mass is 372 g/mol. The molecule has 8 heteroatoms. The molecule has 0 saturated heterocycles. The van der Waals surface area contributed by atoms with Crippen molar-refractivity contribution in [2.75, 3.05) is 0 Å². The number of aryl methyl sites for hydroxylation is 1. The van der Waals surface area contributed by atoms with Crippen LogP contribution in [0.3, 0.4) is 0 Å². The van der Waals surface area contributed by atoms with Crippen molar-refractivity contribution in [2.24, 2.45) is 0 Å². The van der Waals surface area contributed by atoms with Crippen LogP contribution in [0, 0.1) is 0 Å². The highest BCUT2D eigenvalue weighted by Gasteiger charge is 2.32. The number of pyridine rings is 1. The van der Waals surface area contributed by atoms with Crippen LogP contribution in [-0.2, 0) is 12.6 Å². The van der Waals surface area contributed by atoms with Gasteiger partial charge >= 0.3 is 6.18 Å².